The zero-order valence-electron chi connectivity index (χ0n) is 6.55. The molecular weight excluding hydrogens is 126 g/mol. The van der Waals surface area contributed by atoms with Gasteiger partial charge in [0.05, 0.1) is 5.70 Å². The molecule has 0 atom stereocenters. The quantitative estimate of drug-likeness (QED) is 0.572. The van der Waals surface area contributed by atoms with Crippen molar-refractivity contribution < 1.29 is 4.79 Å². The molecule has 10 heavy (non-hydrogen) atoms. The summed E-state index contributed by atoms with van der Waals surface area (Å²) in [4.78, 5) is 13.1. The van der Waals surface area contributed by atoms with E-state index in [1.165, 1.54) is 0 Å². The predicted molar refractivity (Wildman–Crippen MR) is 40.6 cm³/mol. The fourth-order valence-corrected chi connectivity index (χ4v) is 1.18. The minimum Gasteiger partial charge on any atom is -0.372 e. The third kappa shape index (κ3) is 1.20. The standard InChI is InChI=1S/C8H13NO/c1-3-8(10)7-5-4-6-9(7)2/h5H,3-4,6H2,1-2H3. The Kier molecular flexibility index (Phi) is 2.10. The summed E-state index contributed by atoms with van der Waals surface area (Å²) in [6.07, 6.45) is 3.67. The van der Waals surface area contributed by atoms with Crippen LogP contribution in [0.5, 0.6) is 0 Å². The summed E-state index contributed by atoms with van der Waals surface area (Å²) >= 11 is 0. The van der Waals surface area contributed by atoms with Gasteiger partial charge in [-0.15, -0.1) is 0 Å². The lowest BCUT2D eigenvalue weighted by atomic mass is 10.2. The Labute approximate surface area is 61.5 Å². The van der Waals surface area contributed by atoms with Crippen molar-refractivity contribution in [1.82, 2.24) is 4.90 Å². The Bertz CT molecular complexity index is 172. The Balaban J connectivity index is 2.63. The van der Waals surface area contributed by atoms with Crippen molar-refractivity contribution in [1.29, 1.82) is 0 Å². The van der Waals surface area contributed by atoms with Crippen LogP contribution >= 0.6 is 0 Å². The molecule has 0 fully saturated rings. The Morgan fingerprint density at radius 1 is 1.80 bits per heavy atom. The van der Waals surface area contributed by atoms with Crippen LogP contribution in [0.2, 0.25) is 0 Å². The van der Waals surface area contributed by atoms with Gasteiger partial charge in [0.25, 0.3) is 0 Å². The second-order valence-corrected chi connectivity index (χ2v) is 2.58. The SMILES string of the molecule is CCC(=O)C1=CCCN1C. The third-order valence-corrected chi connectivity index (χ3v) is 1.82. The molecule has 0 N–H and O–H groups in total. The molecule has 2 heteroatoms. The van der Waals surface area contributed by atoms with E-state index < -0.39 is 0 Å². The van der Waals surface area contributed by atoms with Crippen molar-refractivity contribution in [3.05, 3.63) is 11.8 Å². The lowest BCUT2D eigenvalue weighted by molar-refractivity contribution is -0.116. The van der Waals surface area contributed by atoms with Crippen molar-refractivity contribution in [2.45, 2.75) is 19.8 Å². The highest BCUT2D eigenvalue weighted by atomic mass is 16.1. The number of rotatable bonds is 2. The van der Waals surface area contributed by atoms with Crippen molar-refractivity contribution in [2.24, 2.45) is 0 Å². The van der Waals surface area contributed by atoms with Crippen LogP contribution in [-0.2, 0) is 4.79 Å². The van der Waals surface area contributed by atoms with E-state index in [1.54, 1.807) is 0 Å². The van der Waals surface area contributed by atoms with Crippen LogP contribution in [-0.4, -0.2) is 24.3 Å². The first-order valence-electron chi connectivity index (χ1n) is 3.70. The number of carbonyl (C=O) groups excluding carboxylic acids is 1. The van der Waals surface area contributed by atoms with E-state index in [2.05, 4.69) is 0 Å². The molecule has 0 saturated heterocycles. The van der Waals surface area contributed by atoms with Crippen LogP contribution in [0.1, 0.15) is 19.8 Å². The summed E-state index contributed by atoms with van der Waals surface area (Å²) in [6.45, 7) is 2.90. The maximum Gasteiger partial charge on any atom is 0.178 e. The number of likely N-dealkylation sites (N-methyl/N-ethyl adjacent to an activating group) is 1. The fourth-order valence-electron chi connectivity index (χ4n) is 1.18. The van der Waals surface area contributed by atoms with Gasteiger partial charge in [-0.2, -0.15) is 0 Å². The monoisotopic (exact) mass is 139 g/mol. The van der Waals surface area contributed by atoms with Crippen LogP contribution in [0.15, 0.2) is 11.8 Å². The molecule has 0 saturated carbocycles. The molecule has 0 bridgehead atoms. The summed E-state index contributed by atoms with van der Waals surface area (Å²) in [7, 11) is 1.96. The normalized spacial score (nSPS) is 17.4. The predicted octanol–water partition coefficient (Wildman–Crippen LogP) is 1.18. The van der Waals surface area contributed by atoms with Gasteiger partial charge in [0.1, 0.15) is 0 Å². The van der Waals surface area contributed by atoms with E-state index in [0.29, 0.717) is 6.42 Å². The molecule has 0 spiro atoms. The Morgan fingerprint density at radius 2 is 2.50 bits per heavy atom. The molecule has 0 aromatic carbocycles. The molecule has 56 valence electrons. The summed E-state index contributed by atoms with van der Waals surface area (Å²) in [5.41, 5.74) is 0.905. The fraction of sp³-hybridized carbons (Fsp3) is 0.625. The van der Waals surface area contributed by atoms with E-state index >= 15 is 0 Å². The zero-order chi connectivity index (χ0) is 7.56. The van der Waals surface area contributed by atoms with Crippen LogP contribution in [0.25, 0.3) is 0 Å². The molecule has 0 unspecified atom stereocenters. The number of hydrogen-bond acceptors (Lipinski definition) is 2. The van der Waals surface area contributed by atoms with Gasteiger partial charge in [-0.3, -0.25) is 4.79 Å². The van der Waals surface area contributed by atoms with Crippen LogP contribution in [0, 0.1) is 0 Å². The maximum absolute atomic E-state index is 11.1. The number of allylic oxidation sites excluding steroid dienone is 1. The van der Waals surface area contributed by atoms with Gasteiger partial charge in [-0.1, -0.05) is 13.0 Å². The van der Waals surface area contributed by atoms with Crippen LogP contribution in [0.3, 0.4) is 0 Å². The van der Waals surface area contributed by atoms with Crippen molar-refractivity contribution in [2.75, 3.05) is 13.6 Å². The van der Waals surface area contributed by atoms with E-state index in [0.717, 1.165) is 18.7 Å². The van der Waals surface area contributed by atoms with Gasteiger partial charge in [0, 0.05) is 20.0 Å². The van der Waals surface area contributed by atoms with Crippen molar-refractivity contribution >= 4 is 5.78 Å². The minimum atomic E-state index is 0.264. The summed E-state index contributed by atoms with van der Waals surface area (Å²) in [5, 5.41) is 0. The lowest BCUT2D eigenvalue weighted by Crippen LogP contribution is -2.18. The molecule has 1 aliphatic heterocycles. The third-order valence-electron chi connectivity index (χ3n) is 1.82. The molecule has 2 nitrogen and oxygen atoms in total. The molecule has 0 aromatic heterocycles. The molecule has 1 aliphatic rings. The number of nitrogens with zero attached hydrogens (tertiary/aromatic N) is 1. The average molecular weight is 139 g/mol. The van der Waals surface area contributed by atoms with Gasteiger partial charge in [0.15, 0.2) is 5.78 Å². The summed E-state index contributed by atoms with van der Waals surface area (Å²) in [6, 6.07) is 0. The smallest absolute Gasteiger partial charge is 0.178 e. The summed E-state index contributed by atoms with van der Waals surface area (Å²) < 4.78 is 0. The van der Waals surface area contributed by atoms with E-state index in [1.807, 2.05) is 24.9 Å². The van der Waals surface area contributed by atoms with Crippen molar-refractivity contribution in [3.8, 4) is 0 Å². The molecule has 0 radical (unpaired) electrons. The molecule has 0 aromatic rings. The van der Waals surface area contributed by atoms with Gasteiger partial charge in [-0.05, 0) is 6.42 Å². The molecule has 1 heterocycles. The lowest BCUT2D eigenvalue weighted by Gasteiger charge is -2.13. The van der Waals surface area contributed by atoms with E-state index in [4.69, 9.17) is 0 Å². The number of ketones is 1. The van der Waals surface area contributed by atoms with Crippen LogP contribution < -0.4 is 0 Å². The second-order valence-electron chi connectivity index (χ2n) is 2.58. The molecule has 0 aliphatic carbocycles. The second kappa shape index (κ2) is 2.86. The number of carbonyl (C=O) groups is 1. The highest BCUT2D eigenvalue weighted by Gasteiger charge is 2.15. The Hall–Kier alpha value is -0.790. The first-order valence-corrected chi connectivity index (χ1v) is 3.70. The minimum absolute atomic E-state index is 0.264. The van der Waals surface area contributed by atoms with E-state index in [9.17, 15) is 4.79 Å². The molecule has 1 rings (SSSR count). The number of hydrogen-bond donors (Lipinski definition) is 0. The highest BCUT2D eigenvalue weighted by molar-refractivity contribution is 5.94. The van der Waals surface area contributed by atoms with Gasteiger partial charge in [-0.25, -0.2) is 0 Å². The molecular formula is C8H13NO. The zero-order valence-corrected chi connectivity index (χ0v) is 6.55. The van der Waals surface area contributed by atoms with Crippen molar-refractivity contribution in [3.63, 3.8) is 0 Å². The maximum atomic E-state index is 11.1. The Morgan fingerprint density at radius 3 is 2.90 bits per heavy atom. The van der Waals surface area contributed by atoms with Gasteiger partial charge >= 0.3 is 0 Å². The first-order chi connectivity index (χ1) is 4.75. The largest absolute Gasteiger partial charge is 0.372 e. The van der Waals surface area contributed by atoms with E-state index in [-0.39, 0.29) is 5.78 Å². The molecule has 0 amide bonds. The van der Waals surface area contributed by atoms with Gasteiger partial charge in [0.2, 0.25) is 0 Å². The number of Topliss-reactive ketones (excluding diaryl/α,β-unsaturated/α-hetero) is 1. The van der Waals surface area contributed by atoms with Crippen LogP contribution in [0.4, 0.5) is 0 Å². The highest BCUT2D eigenvalue weighted by Crippen LogP contribution is 2.13. The first kappa shape index (κ1) is 7.32. The summed E-state index contributed by atoms with van der Waals surface area (Å²) in [5.74, 6) is 0.264. The van der Waals surface area contributed by atoms with Gasteiger partial charge < -0.3 is 4.90 Å². The average Bonchev–Trinajstić information content (AvgIpc) is 2.34. The topological polar surface area (TPSA) is 20.3 Å².